The number of hydrogen-bond acceptors (Lipinski definition) is 1. The third-order valence-electron chi connectivity index (χ3n) is 4.20. The van der Waals surface area contributed by atoms with Gasteiger partial charge in [0.15, 0.2) is 0 Å². The third-order valence-corrected chi connectivity index (χ3v) is 4.20. The van der Waals surface area contributed by atoms with E-state index >= 15 is 0 Å². The summed E-state index contributed by atoms with van der Waals surface area (Å²) < 4.78 is 2.24. The molecule has 0 aliphatic heterocycles. The number of hydrogen-bond donors (Lipinski definition) is 0. The fourth-order valence-electron chi connectivity index (χ4n) is 2.74. The summed E-state index contributed by atoms with van der Waals surface area (Å²) in [5.41, 5.74) is 1.33. The molecule has 0 saturated carbocycles. The lowest BCUT2D eigenvalue weighted by molar-refractivity contribution is 0.493. The molecule has 0 aromatic carbocycles. The summed E-state index contributed by atoms with van der Waals surface area (Å²) in [5, 5.41) is 0. The number of nitrogens with zero attached hydrogens (tertiary/aromatic N) is 2. The van der Waals surface area contributed by atoms with Gasteiger partial charge in [0.2, 0.25) is 0 Å². The van der Waals surface area contributed by atoms with Gasteiger partial charge in [-0.2, -0.15) is 0 Å². The van der Waals surface area contributed by atoms with Gasteiger partial charge < -0.3 is 4.57 Å². The smallest absolute Gasteiger partial charge is 0.0951 e. The van der Waals surface area contributed by atoms with Gasteiger partial charge in [0, 0.05) is 18.2 Å². The van der Waals surface area contributed by atoms with Crippen LogP contribution in [0.4, 0.5) is 0 Å². The topological polar surface area (TPSA) is 17.8 Å². The van der Waals surface area contributed by atoms with Crippen LogP contribution in [0.15, 0.2) is 12.5 Å². The second-order valence-corrected chi connectivity index (χ2v) is 6.38. The first-order valence-electron chi connectivity index (χ1n) is 8.72. The normalized spacial score (nSPS) is 13.1. The van der Waals surface area contributed by atoms with E-state index in [9.17, 15) is 0 Å². The van der Waals surface area contributed by atoms with Gasteiger partial charge in [-0.1, -0.05) is 58.8 Å². The van der Waals surface area contributed by atoms with E-state index in [2.05, 4.69) is 43.4 Å². The molecular formula is C18H34N2. The molecular weight excluding hydrogens is 244 g/mol. The molecule has 1 atom stereocenters. The van der Waals surface area contributed by atoms with Crippen LogP contribution in [0.1, 0.15) is 103 Å². The summed E-state index contributed by atoms with van der Waals surface area (Å²) in [7, 11) is 0. The molecule has 20 heavy (non-hydrogen) atoms. The van der Waals surface area contributed by atoms with E-state index in [-0.39, 0.29) is 0 Å². The fourth-order valence-corrected chi connectivity index (χ4v) is 2.74. The van der Waals surface area contributed by atoms with Crippen LogP contribution in [0.2, 0.25) is 0 Å². The Hall–Kier alpha value is -0.790. The molecule has 1 aromatic heterocycles. The number of aromatic nitrogens is 2. The molecule has 1 unspecified atom stereocenters. The second-order valence-electron chi connectivity index (χ2n) is 6.38. The summed E-state index contributed by atoms with van der Waals surface area (Å²) in [4.78, 5) is 4.68. The third kappa shape index (κ3) is 6.11. The molecule has 0 saturated heterocycles. The Morgan fingerprint density at radius 3 is 2.10 bits per heavy atom. The van der Waals surface area contributed by atoms with Crippen molar-refractivity contribution in [2.24, 2.45) is 0 Å². The van der Waals surface area contributed by atoms with Crippen molar-refractivity contribution in [1.29, 1.82) is 0 Å². The molecule has 0 N–H and O–H groups in total. The van der Waals surface area contributed by atoms with Crippen molar-refractivity contribution in [2.45, 2.75) is 97.4 Å². The molecule has 0 aliphatic rings. The highest BCUT2D eigenvalue weighted by atomic mass is 15.1. The highest BCUT2D eigenvalue weighted by molar-refractivity contribution is 5.05. The maximum Gasteiger partial charge on any atom is 0.0951 e. The van der Waals surface area contributed by atoms with E-state index in [0.717, 1.165) is 0 Å². The monoisotopic (exact) mass is 278 g/mol. The first kappa shape index (κ1) is 17.3. The molecule has 0 radical (unpaired) electrons. The van der Waals surface area contributed by atoms with Crippen LogP contribution >= 0.6 is 0 Å². The van der Waals surface area contributed by atoms with E-state index in [1.54, 1.807) is 0 Å². The minimum atomic E-state index is 0.521. The Labute approximate surface area is 126 Å². The molecule has 0 spiro atoms. The van der Waals surface area contributed by atoms with Crippen molar-refractivity contribution in [3.8, 4) is 0 Å². The largest absolute Gasteiger partial charge is 0.335 e. The van der Waals surface area contributed by atoms with Crippen molar-refractivity contribution < 1.29 is 0 Å². The lowest BCUT2D eigenvalue weighted by atomic mass is 9.92. The van der Waals surface area contributed by atoms with Crippen LogP contribution < -0.4 is 0 Å². The van der Waals surface area contributed by atoms with Crippen LogP contribution in [-0.4, -0.2) is 9.55 Å². The molecule has 1 heterocycles. The molecule has 0 fully saturated rings. The van der Waals surface area contributed by atoms with Gasteiger partial charge >= 0.3 is 0 Å². The predicted molar refractivity (Wildman–Crippen MR) is 88.3 cm³/mol. The van der Waals surface area contributed by atoms with Gasteiger partial charge in [-0.25, -0.2) is 4.98 Å². The molecule has 1 aromatic rings. The Morgan fingerprint density at radius 2 is 1.55 bits per heavy atom. The Kier molecular flexibility index (Phi) is 8.64. The van der Waals surface area contributed by atoms with Gasteiger partial charge in [-0.15, -0.1) is 0 Å². The summed E-state index contributed by atoms with van der Waals surface area (Å²) in [6.45, 7) is 9.00. The molecule has 1 rings (SSSR count). The molecule has 0 amide bonds. The first-order valence-corrected chi connectivity index (χ1v) is 8.72. The van der Waals surface area contributed by atoms with Crippen LogP contribution in [0.3, 0.4) is 0 Å². The average molecular weight is 278 g/mol. The Bertz CT molecular complexity index is 341. The molecule has 116 valence electrons. The molecule has 2 nitrogen and oxygen atoms in total. The summed E-state index contributed by atoms with van der Waals surface area (Å²) in [5.74, 6) is 0.679. The average Bonchev–Trinajstić information content (AvgIpc) is 2.91. The van der Waals surface area contributed by atoms with E-state index in [4.69, 9.17) is 0 Å². The standard InChI is InChI=1S/C18H34N2/c1-5-7-9-11-13-17(12-10-8-6-2)18-14-20(15-19-18)16(3)4/h14-17H,5-13H2,1-4H3. The first-order chi connectivity index (χ1) is 9.69. The van der Waals surface area contributed by atoms with Crippen LogP contribution in [0.5, 0.6) is 0 Å². The minimum absolute atomic E-state index is 0.521. The second kappa shape index (κ2) is 10.0. The highest BCUT2D eigenvalue weighted by Gasteiger charge is 2.14. The Balaban J connectivity index is 2.54. The van der Waals surface area contributed by atoms with E-state index < -0.39 is 0 Å². The van der Waals surface area contributed by atoms with Crippen LogP contribution in [-0.2, 0) is 0 Å². The van der Waals surface area contributed by atoms with Gasteiger partial charge in [-0.3, -0.25) is 0 Å². The van der Waals surface area contributed by atoms with Gasteiger partial charge in [-0.05, 0) is 26.7 Å². The summed E-state index contributed by atoms with van der Waals surface area (Å²) >= 11 is 0. The quantitative estimate of drug-likeness (QED) is 0.447. The van der Waals surface area contributed by atoms with Crippen molar-refractivity contribution >= 4 is 0 Å². The highest BCUT2D eigenvalue weighted by Crippen LogP contribution is 2.27. The number of unbranched alkanes of at least 4 members (excludes halogenated alkanes) is 5. The SMILES string of the molecule is CCCCCCC(CCCCC)c1cn(C(C)C)cn1. The van der Waals surface area contributed by atoms with Crippen molar-refractivity contribution in [1.82, 2.24) is 9.55 Å². The van der Waals surface area contributed by atoms with E-state index in [1.807, 2.05) is 6.33 Å². The van der Waals surface area contributed by atoms with Crippen molar-refractivity contribution in [3.63, 3.8) is 0 Å². The predicted octanol–water partition coefficient (Wildman–Crippen LogP) is 6.10. The minimum Gasteiger partial charge on any atom is -0.335 e. The van der Waals surface area contributed by atoms with Crippen LogP contribution in [0, 0.1) is 0 Å². The summed E-state index contributed by atoms with van der Waals surface area (Å²) in [6, 6.07) is 0.521. The zero-order valence-electron chi connectivity index (χ0n) is 14.1. The van der Waals surface area contributed by atoms with Gasteiger partial charge in [0.25, 0.3) is 0 Å². The number of imidazole rings is 1. The lowest BCUT2D eigenvalue weighted by Gasteiger charge is -2.15. The fraction of sp³-hybridized carbons (Fsp3) is 0.833. The molecule has 2 heteroatoms. The maximum absolute atomic E-state index is 4.68. The van der Waals surface area contributed by atoms with Crippen molar-refractivity contribution in [2.75, 3.05) is 0 Å². The van der Waals surface area contributed by atoms with Gasteiger partial charge in [0.05, 0.1) is 12.0 Å². The number of rotatable bonds is 11. The van der Waals surface area contributed by atoms with Crippen molar-refractivity contribution in [3.05, 3.63) is 18.2 Å². The van der Waals surface area contributed by atoms with Crippen LogP contribution in [0.25, 0.3) is 0 Å². The molecule has 0 aliphatic carbocycles. The maximum atomic E-state index is 4.68. The zero-order chi connectivity index (χ0) is 14.8. The zero-order valence-corrected chi connectivity index (χ0v) is 14.1. The van der Waals surface area contributed by atoms with Gasteiger partial charge in [0.1, 0.15) is 0 Å². The Morgan fingerprint density at radius 1 is 0.950 bits per heavy atom. The molecule has 0 bridgehead atoms. The van der Waals surface area contributed by atoms with E-state index in [1.165, 1.54) is 63.5 Å². The van der Waals surface area contributed by atoms with E-state index in [0.29, 0.717) is 12.0 Å². The lowest BCUT2D eigenvalue weighted by Crippen LogP contribution is -2.01. The summed E-state index contributed by atoms with van der Waals surface area (Å²) in [6.07, 6.45) is 16.4.